The molecule has 8 heteroatoms. The first-order valence-electron chi connectivity index (χ1n) is 5.88. The lowest BCUT2D eigenvalue weighted by Gasteiger charge is -2.14. The van der Waals surface area contributed by atoms with Gasteiger partial charge in [-0.15, -0.1) is 0 Å². The number of benzene rings is 1. The molecule has 0 atom stereocenters. The average molecular weight is 312 g/mol. The summed E-state index contributed by atoms with van der Waals surface area (Å²) in [5.74, 6) is 0. The van der Waals surface area contributed by atoms with E-state index in [4.69, 9.17) is 5.73 Å². The van der Waals surface area contributed by atoms with Gasteiger partial charge in [0.2, 0.25) is 0 Å². The largest absolute Gasteiger partial charge is 0.417 e. The summed E-state index contributed by atoms with van der Waals surface area (Å²) in [7, 11) is 0. The van der Waals surface area contributed by atoms with E-state index in [1.807, 2.05) is 0 Å². The zero-order valence-electron chi connectivity index (χ0n) is 10.7. The van der Waals surface area contributed by atoms with E-state index in [9.17, 15) is 13.2 Å². The van der Waals surface area contributed by atoms with E-state index < -0.39 is 11.7 Å². The van der Waals surface area contributed by atoms with Gasteiger partial charge in [0.1, 0.15) is 11.3 Å². The summed E-state index contributed by atoms with van der Waals surface area (Å²) in [6.07, 6.45) is -1.52. The number of rotatable bonds is 4. The number of nitrogens with zero attached hydrogens (tertiary/aromatic N) is 2. The normalized spacial score (nSPS) is 11.2. The first kappa shape index (κ1) is 15.2. The second-order valence-electron chi connectivity index (χ2n) is 4.18. The zero-order chi connectivity index (χ0) is 15.5. The first-order valence-corrected chi connectivity index (χ1v) is 6.28. The van der Waals surface area contributed by atoms with Crippen LogP contribution < -0.4 is 11.1 Å². The smallest absolute Gasteiger partial charge is 0.389 e. The zero-order valence-corrected chi connectivity index (χ0v) is 11.5. The maximum atomic E-state index is 12.8. The van der Waals surface area contributed by atoms with Gasteiger partial charge in [0, 0.05) is 17.4 Å². The van der Waals surface area contributed by atoms with Crippen molar-refractivity contribution in [2.24, 2.45) is 5.73 Å². The van der Waals surface area contributed by atoms with Crippen LogP contribution in [0.15, 0.2) is 36.8 Å². The number of nitrogens with two attached hydrogens (primary N) is 1. The summed E-state index contributed by atoms with van der Waals surface area (Å²) >= 11 is 4.69. The lowest BCUT2D eigenvalue weighted by atomic mass is 10.1. The lowest BCUT2D eigenvalue weighted by molar-refractivity contribution is -0.137. The molecule has 0 amide bonds. The van der Waals surface area contributed by atoms with Crippen LogP contribution in [0.25, 0.3) is 0 Å². The van der Waals surface area contributed by atoms with Gasteiger partial charge in [-0.25, -0.2) is 9.97 Å². The van der Waals surface area contributed by atoms with E-state index in [1.165, 1.54) is 18.5 Å². The first-order chi connectivity index (χ1) is 9.88. The van der Waals surface area contributed by atoms with Gasteiger partial charge in [0.25, 0.3) is 0 Å². The van der Waals surface area contributed by atoms with E-state index >= 15 is 0 Å². The molecular weight excluding hydrogens is 301 g/mol. The van der Waals surface area contributed by atoms with Crippen LogP contribution in [0.5, 0.6) is 0 Å². The van der Waals surface area contributed by atoms with Crippen LogP contribution in [0.1, 0.15) is 16.8 Å². The SMILES string of the molecule is NC(=S)c1cc(NCc2ccncn2)ccc1C(F)(F)F. The summed E-state index contributed by atoms with van der Waals surface area (Å²) in [6, 6.07) is 5.26. The Bertz CT molecular complexity index is 644. The average Bonchev–Trinajstić information content (AvgIpc) is 2.45. The molecule has 0 aliphatic carbocycles. The third kappa shape index (κ3) is 3.88. The van der Waals surface area contributed by atoms with Crippen molar-refractivity contribution in [2.45, 2.75) is 12.7 Å². The Hall–Kier alpha value is -2.22. The molecule has 110 valence electrons. The Kier molecular flexibility index (Phi) is 4.37. The highest BCUT2D eigenvalue weighted by Crippen LogP contribution is 2.33. The number of alkyl halides is 3. The van der Waals surface area contributed by atoms with Crippen LogP contribution in [-0.4, -0.2) is 15.0 Å². The van der Waals surface area contributed by atoms with Crippen molar-refractivity contribution in [3.05, 3.63) is 53.6 Å². The fourth-order valence-electron chi connectivity index (χ4n) is 1.72. The maximum Gasteiger partial charge on any atom is 0.417 e. The fraction of sp³-hybridized carbons (Fsp3) is 0.154. The van der Waals surface area contributed by atoms with Crippen molar-refractivity contribution in [3.8, 4) is 0 Å². The van der Waals surface area contributed by atoms with Crippen molar-refractivity contribution >= 4 is 22.9 Å². The molecule has 21 heavy (non-hydrogen) atoms. The second kappa shape index (κ2) is 6.04. The molecule has 0 radical (unpaired) electrons. The molecule has 0 saturated carbocycles. The number of hydrogen-bond acceptors (Lipinski definition) is 4. The molecule has 0 aliphatic rings. The number of hydrogen-bond donors (Lipinski definition) is 2. The number of nitrogens with one attached hydrogen (secondary N) is 1. The van der Waals surface area contributed by atoms with E-state index in [0.29, 0.717) is 17.9 Å². The fourth-order valence-corrected chi connectivity index (χ4v) is 1.89. The highest BCUT2D eigenvalue weighted by Gasteiger charge is 2.34. The summed E-state index contributed by atoms with van der Waals surface area (Å²) in [5.41, 5.74) is 5.51. The third-order valence-corrected chi connectivity index (χ3v) is 2.93. The molecule has 1 aromatic heterocycles. The molecule has 3 N–H and O–H groups in total. The van der Waals surface area contributed by atoms with Crippen LogP contribution in [0.3, 0.4) is 0 Å². The van der Waals surface area contributed by atoms with E-state index in [1.54, 1.807) is 12.3 Å². The number of thiocarbonyl (C=S) groups is 1. The molecule has 0 saturated heterocycles. The van der Waals surface area contributed by atoms with Gasteiger partial charge in [-0.2, -0.15) is 13.2 Å². The minimum absolute atomic E-state index is 0.204. The predicted molar refractivity (Wildman–Crippen MR) is 76.7 cm³/mol. The highest BCUT2D eigenvalue weighted by molar-refractivity contribution is 7.80. The second-order valence-corrected chi connectivity index (χ2v) is 4.62. The van der Waals surface area contributed by atoms with Crippen molar-refractivity contribution < 1.29 is 13.2 Å². The summed E-state index contributed by atoms with van der Waals surface area (Å²) < 4.78 is 38.5. The molecule has 0 aliphatic heterocycles. The van der Waals surface area contributed by atoms with Gasteiger partial charge in [-0.05, 0) is 24.3 Å². The van der Waals surface area contributed by atoms with Crippen LogP contribution >= 0.6 is 12.2 Å². The monoisotopic (exact) mass is 312 g/mol. The summed E-state index contributed by atoms with van der Waals surface area (Å²) in [6.45, 7) is 0.352. The lowest BCUT2D eigenvalue weighted by Crippen LogP contribution is -2.18. The summed E-state index contributed by atoms with van der Waals surface area (Å²) in [4.78, 5) is 7.48. The minimum atomic E-state index is -4.50. The Morgan fingerprint density at radius 3 is 2.62 bits per heavy atom. The van der Waals surface area contributed by atoms with Crippen molar-refractivity contribution in [2.75, 3.05) is 5.32 Å². The van der Waals surface area contributed by atoms with Crippen molar-refractivity contribution in [3.63, 3.8) is 0 Å². The number of aromatic nitrogens is 2. The summed E-state index contributed by atoms with van der Waals surface area (Å²) in [5, 5.41) is 2.96. The van der Waals surface area contributed by atoms with Gasteiger partial charge in [-0.3, -0.25) is 0 Å². The number of anilines is 1. The topological polar surface area (TPSA) is 63.8 Å². The van der Waals surface area contributed by atoms with Crippen molar-refractivity contribution in [1.82, 2.24) is 9.97 Å². The van der Waals surface area contributed by atoms with E-state index in [0.717, 1.165) is 6.07 Å². The third-order valence-electron chi connectivity index (χ3n) is 2.71. The Labute approximate surface area is 124 Å². The Morgan fingerprint density at radius 1 is 1.29 bits per heavy atom. The van der Waals surface area contributed by atoms with E-state index in [-0.39, 0.29) is 10.6 Å². The Morgan fingerprint density at radius 2 is 2.05 bits per heavy atom. The molecule has 1 heterocycles. The Balaban J connectivity index is 2.22. The number of halogens is 3. The van der Waals surface area contributed by atoms with Gasteiger partial charge in [0.05, 0.1) is 17.8 Å². The van der Waals surface area contributed by atoms with Crippen LogP contribution in [0.4, 0.5) is 18.9 Å². The van der Waals surface area contributed by atoms with Gasteiger partial charge >= 0.3 is 6.18 Å². The standard InChI is InChI=1S/C13H11F3N4S/c14-13(15,16)11-2-1-8(5-10(11)12(17)21)19-6-9-3-4-18-7-20-9/h1-5,7,19H,6H2,(H2,17,21). The van der Waals surface area contributed by atoms with Crippen LogP contribution in [-0.2, 0) is 12.7 Å². The molecule has 0 bridgehead atoms. The van der Waals surface area contributed by atoms with E-state index in [2.05, 4.69) is 27.5 Å². The quantitative estimate of drug-likeness (QED) is 0.850. The van der Waals surface area contributed by atoms with Gasteiger partial charge < -0.3 is 11.1 Å². The molecule has 4 nitrogen and oxygen atoms in total. The van der Waals surface area contributed by atoms with Gasteiger partial charge in [-0.1, -0.05) is 12.2 Å². The molecule has 0 fully saturated rings. The molecule has 2 rings (SSSR count). The molecular formula is C13H11F3N4S. The molecule has 1 aromatic carbocycles. The highest BCUT2D eigenvalue weighted by atomic mass is 32.1. The van der Waals surface area contributed by atoms with Crippen LogP contribution in [0.2, 0.25) is 0 Å². The molecule has 0 spiro atoms. The predicted octanol–water partition coefficient (Wildman–Crippen LogP) is 2.74. The maximum absolute atomic E-state index is 12.8. The molecule has 2 aromatic rings. The van der Waals surface area contributed by atoms with Crippen LogP contribution in [0, 0.1) is 0 Å². The van der Waals surface area contributed by atoms with Crippen molar-refractivity contribution in [1.29, 1.82) is 0 Å². The van der Waals surface area contributed by atoms with Gasteiger partial charge in [0.15, 0.2) is 0 Å². The molecule has 0 unspecified atom stereocenters. The minimum Gasteiger partial charge on any atom is -0.389 e.